The molecule has 98 valence electrons. The van der Waals surface area contributed by atoms with Crippen molar-refractivity contribution in [3.8, 4) is 0 Å². The molecule has 0 bridgehead atoms. The standard InChI is InChI=1S/C13H20N4O/c1-4-7-17-8-6-14-13(17)12(18)10-9-16(3)15-11(10)5-2/h6,8-9,12,18H,4-5,7H2,1-3H3. The van der Waals surface area contributed by atoms with Crippen molar-refractivity contribution in [2.45, 2.75) is 39.3 Å². The second-order valence-corrected chi connectivity index (χ2v) is 4.44. The predicted octanol–water partition coefficient (Wildman–Crippen LogP) is 1.67. The summed E-state index contributed by atoms with van der Waals surface area (Å²) in [6.45, 7) is 5.02. The van der Waals surface area contributed by atoms with Crippen LogP contribution < -0.4 is 0 Å². The quantitative estimate of drug-likeness (QED) is 0.875. The van der Waals surface area contributed by atoms with Gasteiger partial charge in [-0.3, -0.25) is 4.68 Å². The molecule has 1 N–H and O–H groups in total. The van der Waals surface area contributed by atoms with E-state index in [1.807, 2.05) is 30.9 Å². The third kappa shape index (κ3) is 2.31. The van der Waals surface area contributed by atoms with Gasteiger partial charge >= 0.3 is 0 Å². The van der Waals surface area contributed by atoms with Crippen LogP contribution in [0.4, 0.5) is 0 Å². The molecule has 0 spiro atoms. The molecule has 18 heavy (non-hydrogen) atoms. The molecular weight excluding hydrogens is 228 g/mol. The fourth-order valence-corrected chi connectivity index (χ4v) is 2.19. The van der Waals surface area contributed by atoms with Crippen molar-refractivity contribution in [3.63, 3.8) is 0 Å². The Balaban J connectivity index is 2.34. The first-order valence-electron chi connectivity index (χ1n) is 6.38. The van der Waals surface area contributed by atoms with Crippen molar-refractivity contribution in [1.29, 1.82) is 0 Å². The molecule has 0 radical (unpaired) electrons. The summed E-state index contributed by atoms with van der Waals surface area (Å²) in [6.07, 6.45) is 6.63. The van der Waals surface area contributed by atoms with Crippen molar-refractivity contribution < 1.29 is 5.11 Å². The largest absolute Gasteiger partial charge is 0.380 e. The molecule has 0 fully saturated rings. The Labute approximate surface area is 107 Å². The highest BCUT2D eigenvalue weighted by Crippen LogP contribution is 2.23. The van der Waals surface area contributed by atoms with Gasteiger partial charge in [0.1, 0.15) is 11.9 Å². The molecule has 2 heterocycles. The molecule has 1 unspecified atom stereocenters. The third-order valence-corrected chi connectivity index (χ3v) is 3.02. The average Bonchev–Trinajstić information content (AvgIpc) is 2.95. The van der Waals surface area contributed by atoms with Crippen LogP contribution >= 0.6 is 0 Å². The van der Waals surface area contributed by atoms with E-state index in [4.69, 9.17) is 0 Å². The first kappa shape index (κ1) is 12.8. The molecular formula is C13H20N4O. The lowest BCUT2D eigenvalue weighted by Crippen LogP contribution is -2.10. The number of nitrogens with zero attached hydrogens (tertiary/aromatic N) is 4. The molecule has 0 saturated heterocycles. The highest BCUT2D eigenvalue weighted by molar-refractivity contribution is 5.25. The fraction of sp³-hybridized carbons (Fsp3) is 0.538. The summed E-state index contributed by atoms with van der Waals surface area (Å²) in [4.78, 5) is 4.27. The van der Waals surface area contributed by atoms with Crippen molar-refractivity contribution in [1.82, 2.24) is 19.3 Å². The van der Waals surface area contributed by atoms with E-state index in [2.05, 4.69) is 17.0 Å². The van der Waals surface area contributed by atoms with Crippen LogP contribution in [0.1, 0.15) is 43.5 Å². The summed E-state index contributed by atoms with van der Waals surface area (Å²) < 4.78 is 3.74. The monoisotopic (exact) mass is 248 g/mol. The van der Waals surface area contributed by atoms with Crippen LogP contribution in [0.5, 0.6) is 0 Å². The minimum atomic E-state index is -0.699. The SMILES string of the molecule is CCCn1ccnc1C(O)c1cn(C)nc1CC. The molecule has 0 saturated carbocycles. The number of hydrogen-bond acceptors (Lipinski definition) is 3. The maximum atomic E-state index is 10.5. The van der Waals surface area contributed by atoms with Gasteiger partial charge in [-0.05, 0) is 12.8 Å². The maximum absolute atomic E-state index is 10.5. The average molecular weight is 248 g/mol. The van der Waals surface area contributed by atoms with Crippen LogP contribution in [-0.2, 0) is 20.0 Å². The second kappa shape index (κ2) is 5.35. The maximum Gasteiger partial charge on any atom is 0.142 e. The smallest absolute Gasteiger partial charge is 0.142 e. The minimum Gasteiger partial charge on any atom is -0.380 e. The molecule has 0 aliphatic heterocycles. The highest BCUT2D eigenvalue weighted by atomic mass is 16.3. The van der Waals surface area contributed by atoms with Gasteiger partial charge in [0.2, 0.25) is 0 Å². The third-order valence-electron chi connectivity index (χ3n) is 3.02. The van der Waals surface area contributed by atoms with Gasteiger partial charge in [-0.15, -0.1) is 0 Å². The summed E-state index contributed by atoms with van der Waals surface area (Å²) in [5.41, 5.74) is 1.78. The number of imidazole rings is 1. The Morgan fingerprint density at radius 3 is 2.83 bits per heavy atom. The summed E-state index contributed by atoms with van der Waals surface area (Å²) in [5.74, 6) is 0.694. The molecule has 1 atom stereocenters. The lowest BCUT2D eigenvalue weighted by atomic mass is 10.1. The lowest BCUT2D eigenvalue weighted by molar-refractivity contribution is 0.203. The van der Waals surface area contributed by atoms with Gasteiger partial charge in [0, 0.05) is 37.7 Å². The second-order valence-electron chi connectivity index (χ2n) is 4.44. The minimum absolute atomic E-state index is 0.694. The van der Waals surface area contributed by atoms with Crippen LogP contribution in [0.3, 0.4) is 0 Å². The van der Waals surface area contributed by atoms with Gasteiger partial charge in [-0.1, -0.05) is 13.8 Å². The Kier molecular flexibility index (Phi) is 3.81. The molecule has 0 amide bonds. The van der Waals surface area contributed by atoms with Crippen molar-refractivity contribution in [2.24, 2.45) is 7.05 Å². The van der Waals surface area contributed by atoms with E-state index in [0.717, 1.165) is 30.6 Å². The zero-order valence-electron chi connectivity index (χ0n) is 11.2. The van der Waals surface area contributed by atoms with E-state index >= 15 is 0 Å². The normalized spacial score (nSPS) is 12.9. The van der Waals surface area contributed by atoms with Crippen molar-refractivity contribution >= 4 is 0 Å². The van der Waals surface area contributed by atoms with Crippen LogP contribution in [0.15, 0.2) is 18.6 Å². The van der Waals surface area contributed by atoms with Gasteiger partial charge in [0.15, 0.2) is 0 Å². The molecule has 0 aliphatic carbocycles. The molecule has 2 aromatic rings. The van der Waals surface area contributed by atoms with E-state index in [1.165, 1.54) is 0 Å². The Hall–Kier alpha value is -1.62. The molecule has 2 rings (SSSR count). The number of hydrogen-bond donors (Lipinski definition) is 1. The lowest BCUT2D eigenvalue weighted by Gasteiger charge is -2.12. The molecule has 0 aliphatic rings. The van der Waals surface area contributed by atoms with Crippen molar-refractivity contribution in [2.75, 3.05) is 0 Å². The van der Waals surface area contributed by atoms with Gasteiger partial charge < -0.3 is 9.67 Å². The summed E-state index contributed by atoms with van der Waals surface area (Å²) in [7, 11) is 1.87. The van der Waals surface area contributed by atoms with Crippen LogP contribution in [0.2, 0.25) is 0 Å². The van der Waals surface area contributed by atoms with E-state index in [0.29, 0.717) is 5.82 Å². The highest BCUT2D eigenvalue weighted by Gasteiger charge is 2.20. The number of rotatable bonds is 5. The van der Waals surface area contributed by atoms with Crippen LogP contribution in [0, 0.1) is 0 Å². The Bertz CT molecular complexity index is 515. The summed E-state index contributed by atoms with van der Waals surface area (Å²) in [5, 5.41) is 14.8. The van der Waals surface area contributed by atoms with Gasteiger partial charge in [0.25, 0.3) is 0 Å². The van der Waals surface area contributed by atoms with Crippen LogP contribution in [0.25, 0.3) is 0 Å². The van der Waals surface area contributed by atoms with E-state index in [9.17, 15) is 5.11 Å². The Morgan fingerprint density at radius 2 is 2.17 bits per heavy atom. The van der Waals surface area contributed by atoms with E-state index < -0.39 is 6.10 Å². The fourth-order valence-electron chi connectivity index (χ4n) is 2.19. The van der Waals surface area contributed by atoms with Gasteiger partial charge in [-0.25, -0.2) is 4.98 Å². The molecule has 5 nitrogen and oxygen atoms in total. The molecule has 2 aromatic heterocycles. The van der Waals surface area contributed by atoms with Crippen LogP contribution in [-0.4, -0.2) is 24.4 Å². The zero-order chi connectivity index (χ0) is 13.1. The summed E-state index contributed by atoms with van der Waals surface area (Å²) in [6, 6.07) is 0. The van der Waals surface area contributed by atoms with Gasteiger partial charge in [-0.2, -0.15) is 5.10 Å². The van der Waals surface area contributed by atoms with Crippen molar-refractivity contribution in [3.05, 3.63) is 35.7 Å². The Morgan fingerprint density at radius 1 is 1.39 bits per heavy atom. The van der Waals surface area contributed by atoms with E-state index in [1.54, 1.807) is 10.9 Å². The number of aliphatic hydroxyl groups excluding tert-OH is 1. The number of aromatic nitrogens is 4. The zero-order valence-corrected chi connectivity index (χ0v) is 11.2. The summed E-state index contributed by atoms with van der Waals surface area (Å²) >= 11 is 0. The first-order chi connectivity index (χ1) is 8.67. The topological polar surface area (TPSA) is 55.9 Å². The van der Waals surface area contributed by atoms with Gasteiger partial charge in [0.05, 0.1) is 5.69 Å². The molecule has 0 aromatic carbocycles. The first-order valence-corrected chi connectivity index (χ1v) is 6.38. The molecule has 5 heteroatoms. The number of aryl methyl sites for hydroxylation is 3. The van der Waals surface area contributed by atoms with E-state index in [-0.39, 0.29) is 0 Å². The predicted molar refractivity (Wildman–Crippen MR) is 69.2 cm³/mol. The number of aliphatic hydroxyl groups is 1.